The van der Waals surface area contributed by atoms with Gasteiger partial charge in [-0.2, -0.15) is 0 Å². The molecule has 0 fully saturated rings. The van der Waals surface area contributed by atoms with Crippen molar-refractivity contribution in [1.82, 2.24) is 25.2 Å². The fourth-order valence-electron chi connectivity index (χ4n) is 4.18. The smallest absolute Gasteiger partial charge is 0.251 e. The topological polar surface area (TPSA) is 126 Å². The highest BCUT2D eigenvalue weighted by Gasteiger charge is 2.20. The molecule has 0 unspecified atom stereocenters. The lowest BCUT2D eigenvalue weighted by Gasteiger charge is -2.14. The molecule has 9 nitrogen and oxygen atoms in total. The van der Waals surface area contributed by atoms with E-state index in [0.717, 1.165) is 16.5 Å². The number of pyridine rings is 1. The average Bonchev–Trinajstić information content (AvgIpc) is 2.97. The van der Waals surface area contributed by atoms with E-state index in [-0.39, 0.29) is 17.3 Å². The van der Waals surface area contributed by atoms with Crippen molar-refractivity contribution < 1.29 is 13.2 Å². The molecular weight excluding hydrogens is 512 g/mol. The number of carbonyl (C=O) groups is 1. The Hall–Kier alpha value is -4.67. The molecule has 39 heavy (non-hydrogen) atoms. The molecule has 2 aromatic heterocycles. The maximum absolute atomic E-state index is 13.2. The highest BCUT2D eigenvalue weighted by molar-refractivity contribution is 7.89. The van der Waals surface area contributed by atoms with Crippen LogP contribution in [0.5, 0.6) is 0 Å². The van der Waals surface area contributed by atoms with E-state index in [4.69, 9.17) is 0 Å². The zero-order valence-corrected chi connectivity index (χ0v) is 22.2. The molecule has 0 bridgehead atoms. The van der Waals surface area contributed by atoms with Crippen molar-refractivity contribution in [3.05, 3.63) is 108 Å². The highest BCUT2D eigenvalue weighted by Crippen LogP contribution is 2.32. The standard InChI is InChI=1S/C29H26N6O3S/c1-19-10-11-21(17-26(19)39(37,38)32-18-23-7-5-6-16-31-23)27-24-8-3-4-9-25(24)28(35-34-27)33-22-14-12-20(13-15-22)29(36)30-2/h3-17,32H,18H2,1-2H3,(H,30,36)(H,33,35). The van der Waals surface area contributed by atoms with Crippen LogP contribution in [0, 0.1) is 6.92 Å². The van der Waals surface area contributed by atoms with E-state index in [0.29, 0.717) is 33.9 Å². The van der Waals surface area contributed by atoms with E-state index in [1.54, 1.807) is 68.7 Å². The number of nitrogens with one attached hydrogen (secondary N) is 3. The molecular formula is C29H26N6O3S. The second-order valence-corrected chi connectivity index (χ2v) is 10.6. The summed E-state index contributed by atoms with van der Waals surface area (Å²) in [6.07, 6.45) is 1.62. The van der Waals surface area contributed by atoms with Gasteiger partial charge in [0.2, 0.25) is 10.0 Å². The van der Waals surface area contributed by atoms with Gasteiger partial charge in [-0.1, -0.05) is 42.5 Å². The van der Waals surface area contributed by atoms with Crippen LogP contribution in [0.4, 0.5) is 11.5 Å². The molecule has 10 heteroatoms. The number of aryl methyl sites for hydroxylation is 1. The Kier molecular flexibility index (Phi) is 7.31. The Morgan fingerprint density at radius 3 is 2.33 bits per heavy atom. The number of sulfonamides is 1. The Labute approximate surface area is 226 Å². The maximum atomic E-state index is 13.2. The Balaban J connectivity index is 1.47. The molecule has 0 saturated heterocycles. The van der Waals surface area contributed by atoms with Crippen LogP contribution in [0.1, 0.15) is 21.6 Å². The van der Waals surface area contributed by atoms with E-state index in [1.165, 1.54) is 0 Å². The molecule has 0 spiro atoms. The van der Waals surface area contributed by atoms with E-state index in [2.05, 4.69) is 30.5 Å². The average molecular weight is 539 g/mol. The number of benzene rings is 3. The van der Waals surface area contributed by atoms with E-state index in [9.17, 15) is 13.2 Å². The first-order chi connectivity index (χ1) is 18.9. The first-order valence-electron chi connectivity index (χ1n) is 12.2. The Morgan fingerprint density at radius 2 is 1.62 bits per heavy atom. The number of hydrogen-bond acceptors (Lipinski definition) is 7. The molecule has 5 aromatic rings. The maximum Gasteiger partial charge on any atom is 0.251 e. The van der Waals surface area contributed by atoms with Crippen molar-refractivity contribution in [2.75, 3.05) is 12.4 Å². The van der Waals surface area contributed by atoms with E-state index < -0.39 is 10.0 Å². The lowest BCUT2D eigenvalue weighted by atomic mass is 10.0. The number of fused-ring (bicyclic) bond motifs is 1. The van der Waals surface area contributed by atoms with Crippen LogP contribution in [-0.2, 0) is 16.6 Å². The Morgan fingerprint density at radius 1 is 0.872 bits per heavy atom. The minimum absolute atomic E-state index is 0.0834. The van der Waals surface area contributed by atoms with Crippen LogP contribution in [0.15, 0.2) is 96.0 Å². The number of amides is 1. The number of hydrogen-bond donors (Lipinski definition) is 3. The van der Waals surface area contributed by atoms with Crippen LogP contribution in [0.3, 0.4) is 0 Å². The summed E-state index contributed by atoms with van der Waals surface area (Å²) in [6, 6.07) is 25.3. The molecule has 0 atom stereocenters. The Bertz CT molecular complexity index is 1760. The molecule has 0 saturated carbocycles. The minimum atomic E-state index is -3.81. The zero-order chi connectivity index (χ0) is 27.4. The molecule has 3 aromatic carbocycles. The second-order valence-electron chi connectivity index (χ2n) is 8.85. The predicted octanol–water partition coefficient (Wildman–Crippen LogP) is 4.58. The third kappa shape index (κ3) is 5.62. The van der Waals surface area contributed by atoms with Gasteiger partial charge in [0.1, 0.15) is 5.69 Å². The second kappa shape index (κ2) is 11.0. The summed E-state index contributed by atoms with van der Waals surface area (Å²) in [5, 5.41) is 16.4. The summed E-state index contributed by atoms with van der Waals surface area (Å²) in [5.74, 6) is 0.376. The van der Waals surface area contributed by atoms with Gasteiger partial charge in [0.05, 0.1) is 17.1 Å². The first kappa shape index (κ1) is 26.0. The fraction of sp³-hybridized carbons (Fsp3) is 0.103. The SMILES string of the molecule is CNC(=O)c1ccc(Nc2nnc(-c3ccc(C)c(S(=O)(=O)NCc4ccccn4)c3)c3ccccc23)cc1. The van der Waals surface area contributed by atoms with Gasteiger partial charge in [-0.15, -0.1) is 10.2 Å². The molecule has 2 heterocycles. The number of anilines is 2. The molecule has 0 radical (unpaired) electrons. The molecule has 5 rings (SSSR count). The van der Waals surface area contributed by atoms with Crippen LogP contribution in [-0.4, -0.2) is 36.6 Å². The molecule has 1 amide bonds. The van der Waals surface area contributed by atoms with Crippen LogP contribution in [0.2, 0.25) is 0 Å². The quantitative estimate of drug-likeness (QED) is 0.264. The van der Waals surface area contributed by atoms with Crippen molar-refractivity contribution >= 4 is 38.2 Å². The van der Waals surface area contributed by atoms with Crippen molar-refractivity contribution in [2.45, 2.75) is 18.4 Å². The molecule has 3 N–H and O–H groups in total. The molecule has 0 aliphatic heterocycles. The lowest BCUT2D eigenvalue weighted by Crippen LogP contribution is -2.24. The molecule has 196 valence electrons. The van der Waals surface area contributed by atoms with Crippen LogP contribution < -0.4 is 15.4 Å². The minimum Gasteiger partial charge on any atom is -0.355 e. The summed E-state index contributed by atoms with van der Waals surface area (Å²) in [6.45, 7) is 1.84. The number of rotatable bonds is 8. The van der Waals surface area contributed by atoms with Gasteiger partial charge in [0, 0.05) is 40.8 Å². The summed E-state index contributed by atoms with van der Waals surface area (Å²) < 4.78 is 29.1. The third-order valence-electron chi connectivity index (χ3n) is 6.24. The van der Waals surface area contributed by atoms with Crippen molar-refractivity contribution in [3.8, 4) is 11.3 Å². The lowest BCUT2D eigenvalue weighted by molar-refractivity contribution is 0.0963. The third-order valence-corrected chi connectivity index (χ3v) is 7.79. The van der Waals surface area contributed by atoms with Crippen molar-refractivity contribution in [3.63, 3.8) is 0 Å². The fourth-order valence-corrected chi connectivity index (χ4v) is 5.45. The predicted molar refractivity (Wildman–Crippen MR) is 151 cm³/mol. The van der Waals surface area contributed by atoms with E-state index in [1.807, 2.05) is 36.4 Å². The monoisotopic (exact) mass is 538 g/mol. The largest absolute Gasteiger partial charge is 0.355 e. The van der Waals surface area contributed by atoms with Gasteiger partial charge in [0.25, 0.3) is 5.91 Å². The number of nitrogens with zero attached hydrogens (tertiary/aromatic N) is 3. The van der Waals surface area contributed by atoms with Crippen molar-refractivity contribution in [1.29, 1.82) is 0 Å². The van der Waals surface area contributed by atoms with Gasteiger partial charge in [0.15, 0.2) is 5.82 Å². The summed E-state index contributed by atoms with van der Waals surface area (Å²) in [7, 11) is -2.23. The first-order valence-corrected chi connectivity index (χ1v) is 13.7. The van der Waals surface area contributed by atoms with Gasteiger partial charge in [-0.25, -0.2) is 13.1 Å². The summed E-state index contributed by atoms with van der Waals surface area (Å²) in [5.41, 5.74) is 3.73. The van der Waals surface area contributed by atoms with Crippen molar-refractivity contribution in [2.24, 2.45) is 0 Å². The summed E-state index contributed by atoms with van der Waals surface area (Å²) in [4.78, 5) is 16.2. The van der Waals surface area contributed by atoms with Gasteiger partial charge in [-0.05, 0) is 55.0 Å². The number of aromatic nitrogens is 3. The van der Waals surface area contributed by atoms with Gasteiger partial charge in [-0.3, -0.25) is 9.78 Å². The van der Waals surface area contributed by atoms with Gasteiger partial charge >= 0.3 is 0 Å². The van der Waals surface area contributed by atoms with E-state index >= 15 is 0 Å². The molecule has 0 aliphatic rings. The normalized spacial score (nSPS) is 11.3. The van der Waals surface area contributed by atoms with Gasteiger partial charge < -0.3 is 10.6 Å². The number of carbonyl (C=O) groups excluding carboxylic acids is 1. The van der Waals surface area contributed by atoms with Crippen LogP contribution >= 0.6 is 0 Å². The summed E-state index contributed by atoms with van der Waals surface area (Å²) >= 11 is 0. The van der Waals surface area contributed by atoms with Crippen LogP contribution in [0.25, 0.3) is 22.0 Å². The highest BCUT2D eigenvalue weighted by atomic mass is 32.2. The zero-order valence-electron chi connectivity index (χ0n) is 21.3. The molecule has 0 aliphatic carbocycles.